The number of hydrogen-bond donors (Lipinski definition) is 1. The maximum Gasteiger partial charge on any atom is 0.238 e. The molecule has 6 nitrogen and oxygen atoms in total. The van der Waals surface area contributed by atoms with E-state index in [0.717, 1.165) is 6.42 Å². The van der Waals surface area contributed by atoms with Crippen LogP contribution in [0.1, 0.15) is 13.3 Å². The summed E-state index contributed by atoms with van der Waals surface area (Å²) in [6, 6.07) is 0.0728. The van der Waals surface area contributed by atoms with Crippen molar-refractivity contribution >= 4 is 15.7 Å². The van der Waals surface area contributed by atoms with Crippen LogP contribution < -0.4 is 5.73 Å². The fourth-order valence-corrected chi connectivity index (χ4v) is 3.32. The minimum Gasteiger partial charge on any atom is -0.384 e. The highest BCUT2D eigenvalue weighted by Crippen LogP contribution is 2.22. The van der Waals surface area contributed by atoms with Crippen LogP contribution >= 0.6 is 0 Å². The van der Waals surface area contributed by atoms with Crippen LogP contribution in [0.5, 0.6) is 0 Å². The predicted molar refractivity (Wildman–Crippen MR) is 68.9 cm³/mol. The van der Waals surface area contributed by atoms with Gasteiger partial charge in [-0.15, -0.1) is 0 Å². The molecular weight excluding hydrogens is 256 g/mol. The summed E-state index contributed by atoms with van der Waals surface area (Å²) in [6.45, 7) is 3.15. The number of rotatable bonds is 6. The molecule has 0 spiro atoms. The molecule has 7 heteroatoms. The van der Waals surface area contributed by atoms with Crippen LogP contribution in [0, 0.1) is 5.92 Å². The van der Waals surface area contributed by atoms with Gasteiger partial charge >= 0.3 is 0 Å². The minimum atomic E-state index is -3.38. The highest BCUT2D eigenvalue weighted by molar-refractivity contribution is 7.92. The monoisotopic (exact) mass is 278 g/mol. The quantitative estimate of drug-likeness (QED) is 0.690. The number of carbonyl (C=O) groups is 1. The molecule has 1 amide bonds. The van der Waals surface area contributed by atoms with Gasteiger partial charge in [0.2, 0.25) is 5.91 Å². The second-order valence-corrected chi connectivity index (χ2v) is 7.00. The van der Waals surface area contributed by atoms with Crippen LogP contribution in [0.3, 0.4) is 0 Å². The highest BCUT2D eigenvalue weighted by Gasteiger charge is 2.33. The van der Waals surface area contributed by atoms with Crippen LogP contribution in [0.4, 0.5) is 0 Å². The van der Waals surface area contributed by atoms with Gasteiger partial charge in [0.15, 0.2) is 9.84 Å². The molecule has 1 fully saturated rings. The Morgan fingerprint density at radius 1 is 1.50 bits per heavy atom. The maximum absolute atomic E-state index is 12.0. The number of carbonyl (C=O) groups excluding carboxylic acids is 1. The summed E-state index contributed by atoms with van der Waals surface area (Å²) >= 11 is 0. The molecule has 1 rings (SSSR count). The van der Waals surface area contributed by atoms with Gasteiger partial charge in [0.05, 0.1) is 12.4 Å². The Bertz CT molecular complexity index is 383. The number of nitrogens with zero attached hydrogens (tertiary/aromatic N) is 1. The topological polar surface area (TPSA) is 89.7 Å². The number of nitrogens with two attached hydrogens (primary N) is 1. The largest absolute Gasteiger partial charge is 0.384 e. The molecule has 0 radical (unpaired) electrons. The molecule has 1 heterocycles. The zero-order valence-electron chi connectivity index (χ0n) is 11.0. The van der Waals surface area contributed by atoms with Crippen molar-refractivity contribution in [2.45, 2.75) is 19.4 Å². The van der Waals surface area contributed by atoms with Crippen LogP contribution in [0.25, 0.3) is 0 Å². The van der Waals surface area contributed by atoms with E-state index in [4.69, 9.17) is 10.5 Å². The number of hydrogen-bond acceptors (Lipinski definition) is 5. The zero-order valence-corrected chi connectivity index (χ0v) is 11.8. The van der Waals surface area contributed by atoms with E-state index in [1.165, 1.54) is 7.11 Å². The van der Waals surface area contributed by atoms with Crippen LogP contribution in [-0.2, 0) is 19.4 Å². The van der Waals surface area contributed by atoms with Gasteiger partial charge in [-0.3, -0.25) is 4.79 Å². The number of sulfone groups is 1. The molecule has 1 aliphatic heterocycles. The lowest BCUT2D eigenvalue weighted by atomic mass is 10.1. The first-order chi connectivity index (χ1) is 8.39. The average Bonchev–Trinajstić information content (AvgIpc) is 2.67. The summed E-state index contributed by atoms with van der Waals surface area (Å²) in [7, 11) is -1.94. The van der Waals surface area contributed by atoms with Crippen molar-refractivity contribution in [3.63, 3.8) is 0 Å². The molecule has 0 aromatic carbocycles. The average molecular weight is 278 g/mol. The van der Waals surface area contributed by atoms with Crippen LogP contribution in [-0.4, -0.2) is 63.6 Å². The van der Waals surface area contributed by atoms with Crippen LogP contribution in [0.2, 0.25) is 0 Å². The molecule has 0 aromatic heterocycles. The van der Waals surface area contributed by atoms with Crippen molar-refractivity contribution in [3.05, 3.63) is 0 Å². The first-order valence-electron chi connectivity index (χ1n) is 6.08. The molecule has 0 saturated carbocycles. The van der Waals surface area contributed by atoms with E-state index in [1.807, 2.05) is 6.92 Å². The van der Waals surface area contributed by atoms with E-state index in [2.05, 4.69) is 0 Å². The van der Waals surface area contributed by atoms with Gasteiger partial charge in [0.25, 0.3) is 0 Å². The first kappa shape index (κ1) is 15.4. The molecule has 2 atom stereocenters. The third-order valence-electron chi connectivity index (χ3n) is 3.26. The molecule has 0 bridgehead atoms. The molecule has 0 aliphatic carbocycles. The van der Waals surface area contributed by atoms with Gasteiger partial charge in [-0.1, -0.05) is 0 Å². The van der Waals surface area contributed by atoms with E-state index in [-0.39, 0.29) is 30.2 Å². The normalized spacial score (nSPS) is 24.5. The number of ether oxygens (including phenoxy) is 1. The van der Waals surface area contributed by atoms with Gasteiger partial charge in [0, 0.05) is 19.7 Å². The summed E-state index contributed by atoms with van der Waals surface area (Å²) in [5.41, 5.74) is 5.58. The van der Waals surface area contributed by atoms with Crippen molar-refractivity contribution in [2.24, 2.45) is 11.7 Å². The Balaban J connectivity index is 2.55. The van der Waals surface area contributed by atoms with Gasteiger partial charge in [-0.05, 0) is 25.8 Å². The van der Waals surface area contributed by atoms with Gasteiger partial charge < -0.3 is 15.4 Å². The summed E-state index contributed by atoms with van der Waals surface area (Å²) in [6.07, 6.45) is 0.848. The molecule has 2 N–H and O–H groups in total. The van der Waals surface area contributed by atoms with Crippen molar-refractivity contribution in [1.29, 1.82) is 0 Å². The Labute approximate surface area is 108 Å². The molecule has 1 aliphatic rings. The number of likely N-dealkylation sites (tertiary alicyclic amines) is 1. The molecule has 0 aromatic rings. The summed E-state index contributed by atoms with van der Waals surface area (Å²) in [4.78, 5) is 13.6. The van der Waals surface area contributed by atoms with E-state index in [0.29, 0.717) is 13.1 Å². The second-order valence-electron chi connectivity index (χ2n) is 4.82. The lowest BCUT2D eigenvalue weighted by Gasteiger charge is -2.21. The summed E-state index contributed by atoms with van der Waals surface area (Å²) in [5, 5.41) is 0. The number of methoxy groups -OCH3 is 1. The molecule has 1 saturated heterocycles. The van der Waals surface area contributed by atoms with Crippen molar-refractivity contribution in [1.82, 2.24) is 4.90 Å². The van der Waals surface area contributed by atoms with E-state index in [1.54, 1.807) is 4.90 Å². The van der Waals surface area contributed by atoms with Gasteiger partial charge in [-0.2, -0.15) is 0 Å². The van der Waals surface area contributed by atoms with Gasteiger partial charge in [-0.25, -0.2) is 8.42 Å². The molecule has 106 valence electrons. The third kappa shape index (κ3) is 4.22. The Morgan fingerprint density at radius 3 is 2.67 bits per heavy atom. The first-order valence-corrected chi connectivity index (χ1v) is 7.90. The van der Waals surface area contributed by atoms with Crippen LogP contribution in [0.15, 0.2) is 0 Å². The Hall–Kier alpha value is -0.660. The summed E-state index contributed by atoms with van der Waals surface area (Å²) < 4.78 is 28.0. The molecular formula is C11H22N2O4S. The lowest BCUT2D eigenvalue weighted by molar-refractivity contribution is -0.129. The van der Waals surface area contributed by atoms with E-state index in [9.17, 15) is 13.2 Å². The van der Waals surface area contributed by atoms with E-state index < -0.39 is 15.6 Å². The predicted octanol–water partition coefficient (Wildman–Crippen LogP) is -0.757. The van der Waals surface area contributed by atoms with E-state index >= 15 is 0 Å². The Kier molecular flexibility index (Phi) is 5.55. The number of amides is 1. The molecule has 18 heavy (non-hydrogen) atoms. The fourth-order valence-electron chi connectivity index (χ4n) is 2.21. The lowest BCUT2D eigenvalue weighted by Crippen LogP contribution is -2.39. The molecule has 2 unspecified atom stereocenters. The second kappa shape index (κ2) is 6.49. The fraction of sp³-hybridized carbons (Fsp3) is 0.909. The smallest absolute Gasteiger partial charge is 0.238 e. The third-order valence-corrected chi connectivity index (χ3v) is 4.73. The van der Waals surface area contributed by atoms with Crippen molar-refractivity contribution in [2.75, 3.05) is 38.3 Å². The maximum atomic E-state index is 12.0. The summed E-state index contributed by atoms with van der Waals surface area (Å²) in [5.74, 6) is -0.587. The zero-order chi connectivity index (χ0) is 13.8. The Morgan fingerprint density at radius 2 is 2.17 bits per heavy atom. The van der Waals surface area contributed by atoms with Crippen molar-refractivity contribution in [3.8, 4) is 0 Å². The SMILES string of the molecule is COCCS(=O)(=O)CC(=O)N1CC(CN)CC1C. The standard InChI is InChI=1S/C11H22N2O4S/c1-9-5-10(6-12)7-13(9)11(14)8-18(15,16)4-3-17-2/h9-10H,3-8,12H2,1-2H3. The minimum absolute atomic E-state index is 0.0728. The van der Waals surface area contributed by atoms with Crippen molar-refractivity contribution < 1.29 is 17.9 Å². The highest BCUT2D eigenvalue weighted by atomic mass is 32.2. The van der Waals surface area contributed by atoms with Gasteiger partial charge in [0.1, 0.15) is 5.75 Å².